The summed E-state index contributed by atoms with van der Waals surface area (Å²) in [6, 6.07) is 0. The van der Waals surface area contributed by atoms with Crippen LogP contribution in [0.5, 0.6) is 0 Å². The molecule has 0 radical (unpaired) electrons. The minimum Gasteiger partial charge on any atom is -0.337 e. The van der Waals surface area contributed by atoms with E-state index in [1.165, 1.54) is 4.90 Å². The van der Waals surface area contributed by atoms with Crippen LogP contribution in [-0.4, -0.2) is 30.1 Å². The molecule has 0 aromatic carbocycles. The van der Waals surface area contributed by atoms with Crippen molar-refractivity contribution in [3.8, 4) is 0 Å². The normalized spacial score (nSPS) is 25.1. The molecule has 0 aromatic rings. The quantitative estimate of drug-likeness (QED) is 0.614. The number of hydrogen-bond acceptors (Lipinski definition) is 1. The summed E-state index contributed by atoms with van der Waals surface area (Å²) < 4.78 is 25.4. The van der Waals surface area contributed by atoms with Crippen LogP contribution in [0.1, 0.15) is 25.7 Å². The lowest BCUT2D eigenvalue weighted by atomic mass is 9.62. The first kappa shape index (κ1) is 10.6. The molecule has 84 valence electrons. The van der Waals surface area contributed by atoms with Gasteiger partial charge in [-0.25, -0.2) is 8.78 Å². The van der Waals surface area contributed by atoms with Gasteiger partial charge in [0.1, 0.15) is 6.17 Å². The summed E-state index contributed by atoms with van der Waals surface area (Å²) in [6.45, 7) is 4.07. The van der Waals surface area contributed by atoms with Gasteiger partial charge in [0, 0.05) is 13.1 Å². The van der Waals surface area contributed by atoms with Gasteiger partial charge < -0.3 is 4.90 Å². The number of carbonyl (C=O) groups is 1. The average Bonchev–Trinajstić information content (AvgIpc) is 2.16. The summed E-state index contributed by atoms with van der Waals surface area (Å²) in [5, 5.41) is 0. The molecule has 0 bridgehead atoms. The van der Waals surface area contributed by atoms with Crippen molar-refractivity contribution in [2.24, 2.45) is 5.41 Å². The van der Waals surface area contributed by atoms with Crippen LogP contribution in [0.25, 0.3) is 0 Å². The standard InChI is InChI=1S/C11H15F2NO/c1-8(12)10(15)14-4-2-11(3-5-14)6-9(13)7-11/h9H,1-7H2. The van der Waals surface area contributed by atoms with Crippen molar-refractivity contribution in [2.75, 3.05) is 13.1 Å². The number of nitrogens with zero attached hydrogens (tertiary/aromatic N) is 1. The van der Waals surface area contributed by atoms with E-state index < -0.39 is 17.9 Å². The second kappa shape index (κ2) is 3.58. The molecule has 0 atom stereocenters. The summed E-state index contributed by atoms with van der Waals surface area (Å²) >= 11 is 0. The lowest BCUT2D eigenvalue weighted by Crippen LogP contribution is -2.49. The summed E-state index contributed by atoms with van der Waals surface area (Å²) in [5.74, 6) is -1.51. The Balaban J connectivity index is 1.87. The lowest BCUT2D eigenvalue weighted by molar-refractivity contribution is -0.133. The van der Waals surface area contributed by atoms with E-state index in [-0.39, 0.29) is 5.41 Å². The summed E-state index contributed by atoms with van der Waals surface area (Å²) in [7, 11) is 0. The van der Waals surface area contributed by atoms with E-state index in [1.54, 1.807) is 0 Å². The van der Waals surface area contributed by atoms with Crippen LogP contribution in [0, 0.1) is 5.41 Å². The van der Waals surface area contributed by atoms with Gasteiger partial charge in [0.15, 0.2) is 5.83 Å². The van der Waals surface area contributed by atoms with E-state index in [1.807, 2.05) is 0 Å². The number of rotatable bonds is 1. The predicted molar refractivity (Wildman–Crippen MR) is 52.6 cm³/mol. The second-order valence-electron chi connectivity index (χ2n) is 4.70. The molecule has 2 nitrogen and oxygen atoms in total. The highest BCUT2D eigenvalue weighted by atomic mass is 19.1. The van der Waals surface area contributed by atoms with Gasteiger partial charge in [-0.15, -0.1) is 0 Å². The average molecular weight is 215 g/mol. The molecule has 0 aromatic heterocycles. The molecule has 1 heterocycles. The maximum absolute atomic E-state index is 12.8. The monoisotopic (exact) mass is 215 g/mol. The molecule has 0 unspecified atom stereocenters. The lowest BCUT2D eigenvalue weighted by Gasteiger charge is -2.49. The summed E-state index contributed by atoms with van der Waals surface area (Å²) in [4.78, 5) is 12.7. The molecular formula is C11H15F2NO. The number of alkyl halides is 1. The fourth-order valence-corrected chi connectivity index (χ4v) is 2.64. The Morgan fingerprint density at radius 2 is 1.87 bits per heavy atom. The van der Waals surface area contributed by atoms with Gasteiger partial charge in [-0.05, 0) is 31.1 Å². The Morgan fingerprint density at radius 3 is 2.27 bits per heavy atom. The molecule has 2 aliphatic rings. The van der Waals surface area contributed by atoms with Gasteiger partial charge in [-0.2, -0.15) is 0 Å². The van der Waals surface area contributed by atoms with Gasteiger partial charge in [-0.3, -0.25) is 4.79 Å². The Kier molecular flexibility index (Phi) is 2.52. The Morgan fingerprint density at radius 1 is 1.33 bits per heavy atom. The molecule has 15 heavy (non-hydrogen) atoms. The van der Waals surface area contributed by atoms with Crippen molar-refractivity contribution in [3.05, 3.63) is 12.4 Å². The summed E-state index contributed by atoms with van der Waals surface area (Å²) in [6.07, 6.45) is 2.17. The number of carbonyl (C=O) groups excluding carboxylic acids is 1. The van der Waals surface area contributed by atoms with Gasteiger partial charge in [0.2, 0.25) is 0 Å². The van der Waals surface area contributed by atoms with E-state index >= 15 is 0 Å². The third-order valence-corrected chi connectivity index (χ3v) is 3.65. The van der Waals surface area contributed by atoms with Crippen LogP contribution in [0.4, 0.5) is 8.78 Å². The number of likely N-dealkylation sites (tertiary alicyclic amines) is 1. The fourth-order valence-electron chi connectivity index (χ4n) is 2.64. The van der Waals surface area contributed by atoms with E-state index in [9.17, 15) is 13.6 Å². The molecule has 1 saturated carbocycles. The van der Waals surface area contributed by atoms with Crippen LogP contribution in [0.15, 0.2) is 12.4 Å². The molecule has 1 amide bonds. The van der Waals surface area contributed by atoms with E-state index in [0.29, 0.717) is 25.9 Å². The first-order valence-corrected chi connectivity index (χ1v) is 5.30. The van der Waals surface area contributed by atoms with Crippen molar-refractivity contribution in [1.29, 1.82) is 0 Å². The van der Waals surface area contributed by atoms with Crippen LogP contribution in [-0.2, 0) is 4.79 Å². The third kappa shape index (κ3) is 1.90. The largest absolute Gasteiger partial charge is 0.337 e. The maximum Gasteiger partial charge on any atom is 0.281 e. The zero-order valence-corrected chi connectivity index (χ0v) is 8.64. The SMILES string of the molecule is C=C(F)C(=O)N1CCC2(CC1)CC(F)C2. The number of piperidine rings is 1. The van der Waals surface area contributed by atoms with Crippen molar-refractivity contribution >= 4 is 5.91 Å². The molecular weight excluding hydrogens is 200 g/mol. The Bertz CT molecular complexity index is 287. The van der Waals surface area contributed by atoms with Crippen molar-refractivity contribution < 1.29 is 13.6 Å². The zero-order valence-electron chi connectivity index (χ0n) is 8.64. The fraction of sp³-hybridized carbons (Fsp3) is 0.727. The maximum atomic E-state index is 12.8. The minimum atomic E-state index is -0.900. The van der Waals surface area contributed by atoms with Gasteiger partial charge >= 0.3 is 0 Å². The number of amides is 1. The predicted octanol–water partition coefficient (Wildman–Crippen LogP) is 2.21. The minimum absolute atomic E-state index is 0.105. The van der Waals surface area contributed by atoms with Gasteiger partial charge in [0.05, 0.1) is 0 Å². The highest BCUT2D eigenvalue weighted by Crippen LogP contribution is 2.50. The van der Waals surface area contributed by atoms with Gasteiger partial charge in [0.25, 0.3) is 5.91 Å². The molecule has 1 aliphatic carbocycles. The van der Waals surface area contributed by atoms with Crippen molar-refractivity contribution in [3.63, 3.8) is 0 Å². The molecule has 2 fully saturated rings. The van der Waals surface area contributed by atoms with E-state index in [4.69, 9.17) is 0 Å². The topological polar surface area (TPSA) is 20.3 Å². The number of hydrogen-bond donors (Lipinski definition) is 0. The molecule has 0 N–H and O–H groups in total. The summed E-state index contributed by atoms with van der Waals surface area (Å²) in [5.41, 5.74) is 0.105. The Labute approximate surface area is 87.9 Å². The number of halogens is 2. The van der Waals surface area contributed by atoms with Crippen LogP contribution >= 0.6 is 0 Å². The highest BCUT2D eigenvalue weighted by molar-refractivity contribution is 5.90. The van der Waals surface area contributed by atoms with E-state index in [2.05, 4.69) is 6.58 Å². The molecule has 1 spiro atoms. The van der Waals surface area contributed by atoms with Crippen LogP contribution in [0.2, 0.25) is 0 Å². The molecule has 4 heteroatoms. The molecule has 2 rings (SSSR count). The first-order chi connectivity index (χ1) is 7.02. The smallest absolute Gasteiger partial charge is 0.281 e. The Hall–Kier alpha value is -0.930. The van der Waals surface area contributed by atoms with Crippen molar-refractivity contribution in [1.82, 2.24) is 4.90 Å². The van der Waals surface area contributed by atoms with Crippen molar-refractivity contribution in [2.45, 2.75) is 31.9 Å². The molecule has 1 saturated heterocycles. The highest BCUT2D eigenvalue weighted by Gasteiger charge is 2.46. The van der Waals surface area contributed by atoms with Crippen LogP contribution < -0.4 is 0 Å². The third-order valence-electron chi connectivity index (χ3n) is 3.65. The first-order valence-electron chi connectivity index (χ1n) is 5.30. The second-order valence-corrected chi connectivity index (χ2v) is 4.70. The van der Waals surface area contributed by atoms with Gasteiger partial charge in [-0.1, -0.05) is 6.58 Å². The van der Waals surface area contributed by atoms with Crippen LogP contribution in [0.3, 0.4) is 0 Å². The van der Waals surface area contributed by atoms with E-state index in [0.717, 1.165) is 12.8 Å². The molecule has 1 aliphatic heterocycles. The zero-order chi connectivity index (χ0) is 11.1.